The van der Waals surface area contributed by atoms with E-state index in [2.05, 4.69) is 36.0 Å². The molecule has 1 amide bonds. The van der Waals surface area contributed by atoms with Crippen molar-refractivity contribution < 1.29 is 17.9 Å². The maximum Gasteiger partial charge on any atom is 0.261 e. The third kappa shape index (κ3) is 6.17. The van der Waals surface area contributed by atoms with Gasteiger partial charge in [0.25, 0.3) is 15.9 Å². The summed E-state index contributed by atoms with van der Waals surface area (Å²) in [5.74, 6) is 0.210. The van der Waals surface area contributed by atoms with Gasteiger partial charge in [0.1, 0.15) is 5.75 Å². The predicted molar refractivity (Wildman–Crippen MR) is 136 cm³/mol. The topological polar surface area (TPSA) is 84.5 Å². The van der Waals surface area contributed by atoms with Gasteiger partial charge in [-0.2, -0.15) is 0 Å². The van der Waals surface area contributed by atoms with Gasteiger partial charge in [0.15, 0.2) is 6.61 Å². The molecule has 0 fully saturated rings. The Kier molecular flexibility index (Phi) is 7.67. The van der Waals surface area contributed by atoms with Crippen LogP contribution in [0, 0.1) is 34.6 Å². The number of amides is 1. The second kappa shape index (κ2) is 10.3. The van der Waals surface area contributed by atoms with E-state index in [1.807, 2.05) is 32.9 Å². The molecule has 0 aromatic heterocycles. The highest BCUT2D eigenvalue weighted by molar-refractivity contribution is 7.92. The maximum atomic E-state index is 12.7. The Labute approximate surface area is 202 Å². The molecule has 2 N–H and O–H groups in total. The minimum Gasteiger partial charge on any atom is -0.484 e. The second-order valence-corrected chi connectivity index (χ2v) is 10.5. The number of sulfonamides is 1. The molecular formula is C27H32N2O4S. The van der Waals surface area contributed by atoms with Crippen molar-refractivity contribution in [3.63, 3.8) is 0 Å². The molecule has 3 aromatic rings. The molecule has 3 rings (SSSR count). The fourth-order valence-corrected chi connectivity index (χ4v) is 4.88. The fraction of sp³-hybridized carbons (Fsp3) is 0.296. The highest BCUT2D eigenvalue weighted by Crippen LogP contribution is 2.24. The molecule has 0 unspecified atom stereocenters. The van der Waals surface area contributed by atoms with Gasteiger partial charge in [-0.1, -0.05) is 29.8 Å². The predicted octanol–water partition coefficient (Wildman–Crippen LogP) is 5.29. The minimum absolute atomic E-state index is 0.126. The first kappa shape index (κ1) is 25.3. The Balaban J connectivity index is 1.62. The first-order valence-electron chi connectivity index (χ1n) is 11.2. The lowest BCUT2D eigenvalue weighted by Gasteiger charge is -2.19. The van der Waals surface area contributed by atoms with Crippen molar-refractivity contribution in [3.05, 3.63) is 88.0 Å². The third-order valence-electron chi connectivity index (χ3n) is 5.85. The van der Waals surface area contributed by atoms with Gasteiger partial charge >= 0.3 is 0 Å². The molecule has 6 nitrogen and oxygen atoms in total. The van der Waals surface area contributed by atoms with Crippen molar-refractivity contribution in [2.75, 3.05) is 11.3 Å². The van der Waals surface area contributed by atoms with Crippen molar-refractivity contribution in [1.82, 2.24) is 5.32 Å². The normalized spacial score (nSPS) is 12.2. The average molecular weight is 481 g/mol. The van der Waals surface area contributed by atoms with Crippen LogP contribution in [0.2, 0.25) is 0 Å². The number of carbonyl (C=O) groups is 1. The van der Waals surface area contributed by atoms with Gasteiger partial charge in [0.2, 0.25) is 0 Å². The summed E-state index contributed by atoms with van der Waals surface area (Å²) in [6.07, 6.45) is 0. The Morgan fingerprint density at radius 3 is 2.15 bits per heavy atom. The molecule has 3 aromatic carbocycles. The number of rotatable bonds is 8. The Bertz CT molecular complexity index is 1300. The summed E-state index contributed by atoms with van der Waals surface area (Å²) in [6, 6.07) is 15.8. The van der Waals surface area contributed by atoms with Gasteiger partial charge in [-0.3, -0.25) is 9.52 Å². The van der Waals surface area contributed by atoms with Gasteiger partial charge in [-0.05, 0) is 99.7 Å². The first-order chi connectivity index (χ1) is 16.0. The molecule has 0 bridgehead atoms. The van der Waals surface area contributed by atoms with Gasteiger partial charge in [0.05, 0.1) is 10.9 Å². The monoisotopic (exact) mass is 480 g/mol. The molecule has 0 aliphatic heterocycles. The number of hydrogen-bond acceptors (Lipinski definition) is 4. The van der Waals surface area contributed by atoms with Crippen LogP contribution in [0.4, 0.5) is 5.69 Å². The van der Waals surface area contributed by atoms with Crippen LogP contribution in [0.3, 0.4) is 0 Å². The van der Waals surface area contributed by atoms with Gasteiger partial charge in [-0.15, -0.1) is 0 Å². The standard InChI is InChI=1S/C27H32N2O4S/c1-17-7-9-23(10-8-17)29-34(31,32)24-11-12-26(21(5)14-24)33-16-27(30)28-22(6)25-15-19(3)18(2)13-20(25)4/h7-15,22,29H,16H2,1-6H3,(H,28,30)/t22-/m1/s1. The molecule has 1 atom stereocenters. The van der Waals surface area contributed by atoms with Crippen molar-refractivity contribution in [2.45, 2.75) is 52.5 Å². The smallest absolute Gasteiger partial charge is 0.261 e. The Morgan fingerprint density at radius 2 is 1.50 bits per heavy atom. The van der Waals surface area contributed by atoms with Crippen LogP contribution in [-0.4, -0.2) is 20.9 Å². The largest absolute Gasteiger partial charge is 0.484 e. The summed E-state index contributed by atoms with van der Waals surface area (Å²) in [5, 5.41) is 2.97. The lowest BCUT2D eigenvalue weighted by atomic mass is 9.96. The summed E-state index contributed by atoms with van der Waals surface area (Å²) < 4.78 is 33.7. The van der Waals surface area contributed by atoms with E-state index in [0.29, 0.717) is 17.0 Å². The van der Waals surface area contributed by atoms with Crippen LogP contribution in [0.25, 0.3) is 0 Å². The van der Waals surface area contributed by atoms with E-state index in [1.54, 1.807) is 25.1 Å². The van der Waals surface area contributed by atoms with Crippen LogP contribution < -0.4 is 14.8 Å². The number of anilines is 1. The molecule has 0 aliphatic rings. The minimum atomic E-state index is -3.74. The Hall–Kier alpha value is -3.32. The van der Waals surface area contributed by atoms with Crippen molar-refractivity contribution in [2.24, 2.45) is 0 Å². The molecule has 34 heavy (non-hydrogen) atoms. The summed E-state index contributed by atoms with van der Waals surface area (Å²) in [4.78, 5) is 12.6. The molecule has 0 saturated carbocycles. The van der Waals surface area contributed by atoms with Crippen molar-refractivity contribution in [3.8, 4) is 5.75 Å². The number of carbonyl (C=O) groups excluding carboxylic acids is 1. The molecule has 0 radical (unpaired) electrons. The number of aryl methyl sites for hydroxylation is 5. The summed E-state index contributed by atoms with van der Waals surface area (Å²) in [7, 11) is -3.74. The zero-order valence-electron chi connectivity index (χ0n) is 20.5. The molecule has 0 aliphatic carbocycles. The van der Waals surface area contributed by atoms with E-state index in [0.717, 1.165) is 16.7 Å². The maximum absolute atomic E-state index is 12.7. The second-order valence-electron chi connectivity index (χ2n) is 8.77. The number of nitrogens with one attached hydrogen (secondary N) is 2. The van der Waals surface area contributed by atoms with Crippen LogP contribution in [0.5, 0.6) is 5.75 Å². The Morgan fingerprint density at radius 1 is 0.853 bits per heavy atom. The van der Waals surface area contributed by atoms with Crippen LogP contribution >= 0.6 is 0 Å². The van der Waals surface area contributed by atoms with Crippen LogP contribution in [0.1, 0.15) is 46.3 Å². The van der Waals surface area contributed by atoms with Gasteiger partial charge in [-0.25, -0.2) is 8.42 Å². The number of benzene rings is 3. The molecule has 180 valence electrons. The molecule has 0 saturated heterocycles. The lowest BCUT2D eigenvalue weighted by molar-refractivity contribution is -0.123. The van der Waals surface area contributed by atoms with E-state index in [4.69, 9.17) is 4.74 Å². The van der Waals surface area contributed by atoms with E-state index in [1.165, 1.54) is 23.3 Å². The highest BCUT2D eigenvalue weighted by atomic mass is 32.2. The van der Waals surface area contributed by atoms with Crippen LogP contribution in [-0.2, 0) is 14.8 Å². The van der Waals surface area contributed by atoms with E-state index >= 15 is 0 Å². The van der Waals surface area contributed by atoms with Crippen LogP contribution in [0.15, 0.2) is 59.5 Å². The molecule has 7 heteroatoms. The number of hydrogen-bond donors (Lipinski definition) is 2. The quantitative estimate of drug-likeness (QED) is 0.459. The summed E-state index contributed by atoms with van der Waals surface area (Å²) in [6.45, 7) is 11.6. The average Bonchev–Trinajstić information content (AvgIpc) is 2.76. The third-order valence-corrected chi connectivity index (χ3v) is 7.22. The SMILES string of the molecule is Cc1ccc(NS(=O)(=O)c2ccc(OCC(=O)N[C@H](C)c3cc(C)c(C)cc3C)c(C)c2)cc1. The highest BCUT2D eigenvalue weighted by Gasteiger charge is 2.17. The molecule has 0 spiro atoms. The first-order valence-corrected chi connectivity index (χ1v) is 12.6. The zero-order chi connectivity index (χ0) is 25.0. The zero-order valence-corrected chi connectivity index (χ0v) is 21.3. The lowest BCUT2D eigenvalue weighted by Crippen LogP contribution is -2.31. The van der Waals surface area contributed by atoms with Crippen molar-refractivity contribution >= 4 is 21.6 Å². The molecule has 0 heterocycles. The fourth-order valence-electron chi connectivity index (χ4n) is 3.74. The summed E-state index contributed by atoms with van der Waals surface area (Å²) >= 11 is 0. The number of ether oxygens (including phenoxy) is 1. The van der Waals surface area contributed by atoms with Gasteiger partial charge in [0, 0.05) is 5.69 Å². The van der Waals surface area contributed by atoms with E-state index in [-0.39, 0.29) is 23.5 Å². The van der Waals surface area contributed by atoms with E-state index in [9.17, 15) is 13.2 Å². The van der Waals surface area contributed by atoms with Crippen molar-refractivity contribution in [1.29, 1.82) is 0 Å². The molecular weight excluding hydrogens is 448 g/mol. The summed E-state index contributed by atoms with van der Waals surface area (Å²) in [5.41, 5.74) is 6.76. The van der Waals surface area contributed by atoms with E-state index < -0.39 is 10.0 Å². The van der Waals surface area contributed by atoms with Gasteiger partial charge < -0.3 is 10.1 Å².